The molecular formula is C95H148N16O10SW4. The van der Waals surface area contributed by atoms with Crippen LogP contribution in [-0.2, 0) is 158 Å². The molecule has 0 unspecified atom stereocenters. The number of carbonyl (C=O) groups is 10. The summed E-state index contributed by atoms with van der Waals surface area (Å²) in [5.74, 6) is -1.94. The third-order valence-electron chi connectivity index (χ3n) is 20.8. The summed E-state index contributed by atoms with van der Waals surface area (Å²) in [5, 5.41) is 27.0. The van der Waals surface area contributed by atoms with Crippen LogP contribution in [0.15, 0.2) is 122 Å². The van der Waals surface area contributed by atoms with Gasteiger partial charge in [0, 0.05) is 256 Å². The van der Waals surface area contributed by atoms with E-state index in [1.807, 2.05) is 252 Å². The summed E-state index contributed by atoms with van der Waals surface area (Å²) in [6.07, 6.45) is 12.1. The number of nitrogens with one attached hydrogen (secondary N) is 11. The first-order valence-electron chi connectivity index (χ1n) is 42.1. The van der Waals surface area contributed by atoms with E-state index in [2.05, 4.69) is 77.1 Å². The van der Waals surface area contributed by atoms with Crippen molar-refractivity contribution < 1.29 is 132 Å². The van der Waals surface area contributed by atoms with E-state index in [9.17, 15) is 47.9 Å². The van der Waals surface area contributed by atoms with Gasteiger partial charge in [0.1, 0.15) is 0 Å². The fourth-order valence-electron chi connectivity index (χ4n) is 14.3. The zero-order valence-electron chi connectivity index (χ0n) is 76.5. The van der Waals surface area contributed by atoms with E-state index in [0.717, 1.165) is 65.9 Å². The van der Waals surface area contributed by atoms with Gasteiger partial charge in [0.15, 0.2) is 23.1 Å². The van der Waals surface area contributed by atoms with E-state index in [4.69, 9.17) is 35.2 Å². The molecule has 4 heterocycles. The molecule has 19 N–H and O–H groups in total. The van der Waals surface area contributed by atoms with E-state index in [-0.39, 0.29) is 214 Å². The Labute approximate surface area is 812 Å². The SMILES string of the molecule is C.C.CC(C)N(C)[C@@H](CCC(N)=O)C(=O)N[C@@H](Cc1c[nH]c2ccccc12)C(=O)C(C)(C)C.CC(C)N[C@@H](CCC(N)=O)C(=O)N[C@@H](Cc1c[nH]c2ccccc12)C(=O)C(C)(C)C.CC(C)N[C@@H](CCC(N)=O)C(=S)N[C@@H](Cc1c[nH]c2ccccc12)C(=O)C(C)(C)C.CC(C)N[C@@H](CCC(N)=O)CN[C@@H](Cc1c[nH]c2ccccc12)C(=O)C(C)(C)C.[W].[W].[W].[W]. The van der Waals surface area contributed by atoms with Gasteiger partial charge in [-0.05, 0) is 99.5 Å². The molecule has 0 saturated heterocycles. The minimum Gasteiger partial charge on any atom is -0.370 e. The second kappa shape index (κ2) is 56.5. The van der Waals surface area contributed by atoms with E-state index in [1.54, 1.807) is 0 Å². The van der Waals surface area contributed by atoms with E-state index in [1.165, 1.54) is 0 Å². The Balaban J connectivity index is 0. The predicted octanol–water partition coefficient (Wildman–Crippen LogP) is 12.6. The number of aromatic amines is 4. The molecule has 0 radical (unpaired) electrons. The molecule has 0 aliphatic carbocycles. The van der Waals surface area contributed by atoms with Crippen molar-refractivity contribution in [3.05, 3.63) is 144 Å². The third-order valence-corrected chi connectivity index (χ3v) is 21.2. The summed E-state index contributed by atoms with van der Waals surface area (Å²) in [4.78, 5) is 140. The summed E-state index contributed by atoms with van der Waals surface area (Å²) >= 11 is 5.67. The number of hydrogen-bond donors (Lipinski definition) is 15. The van der Waals surface area contributed by atoms with Gasteiger partial charge in [-0.25, -0.2) is 0 Å². The van der Waals surface area contributed by atoms with Gasteiger partial charge >= 0.3 is 0 Å². The molecule has 0 fully saturated rings. The molecule has 4 aromatic carbocycles. The number of Topliss-reactive ketones (excluding diaryl/α,β-unsaturated/α-hetero) is 4. The summed E-state index contributed by atoms with van der Waals surface area (Å²) in [6, 6.07) is 29.1. The van der Waals surface area contributed by atoms with Crippen LogP contribution in [0.1, 0.15) is 227 Å². The molecule has 8 aromatic rings. The summed E-state index contributed by atoms with van der Waals surface area (Å²) in [7, 11) is 1.84. The number of amides is 6. The molecule has 0 saturated carbocycles. The number of benzene rings is 4. The van der Waals surface area contributed by atoms with Crippen LogP contribution in [0.3, 0.4) is 0 Å². The second-order valence-corrected chi connectivity index (χ2v) is 37.4. The van der Waals surface area contributed by atoms with Crippen LogP contribution < -0.4 is 60.2 Å². The number of nitrogens with two attached hydrogens (primary N) is 4. The first kappa shape index (κ1) is 121. The Bertz CT molecular complexity index is 4590. The monoisotopic (exact) mass is 2440 g/mol. The van der Waals surface area contributed by atoms with Crippen molar-refractivity contribution >= 4 is 119 Å². The van der Waals surface area contributed by atoms with Gasteiger partial charge in [-0.3, -0.25) is 52.8 Å². The smallest absolute Gasteiger partial charge is 0.237 e. The average Bonchev–Trinajstić information content (AvgIpc) is 1.67. The fourth-order valence-corrected chi connectivity index (χ4v) is 14.6. The van der Waals surface area contributed by atoms with Gasteiger partial charge in [0.25, 0.3) is 0 Å². The van der Waals surface area contributed by atoms with Crippen molar-refractivity contribution in [1.82, 2.24) is 62.1 Å². The molecule has 8 rings (SSSR count). The Kier molecular flexibility index (Phi) is 54.3. The number of para-hydroxylation sites is 4. The minimum atomic E-state index is -0.679. The van der Waals surface area contributed by atoms with Crippen LogP contribution >= 0.6 is 12.2 Å². The molecular weight excluding hydrogens is 2290 g/mol. The Hall–Kier alpha value is -7.02. The Morgan fingerprint density at radius 3 is 0.944 bits per heavy atom. The maximum Gasteiger partial charge on any atom is 0.237 e. The standard InChI is InChI=1S/C24H36N4O3.C23H34N4O3.C23H34N4O2S.C23H36N4O2.2CH4.4W/c1-15(2)28(6)20(11-12-21(25)29)23(31)27-19(22(30)24(3,4)5)13-16-14-26-18-10-8-7-9-17(16)18;2*1-14(2)26-18(10-11-20(24)28)22(30)27-19(21(29)23(3,4)5)12-15-13-25-17-9-7-6-8-16(15)17;1-15(2)27-17(10-11-21(24)28)14-26-20(22(29)23(3,4)5)12-16-13-25-19-9-7-6-8-18(16)19;;;;;;/h7-10,14-15,19-20,26H,11-13H2,1-6H3,(H2,25,29)(H,27,31);2*6-9,13-14,18-19,25-26H,10-12H2,1-5H3,(H2,24,28)(H,27,30);6-9,13,15,17,20,25-27H,10-12,14H2,1-5H3,(H2,24,28);2*1H4;;;;/t19-,20-;2*18-,19-;17-,20-;;;;;;/m0000....../s1. The van der Waals surface area contributed by atoms with Gasteiger partial charge in [-0.1, -0.05) is 224 Å². The molecule has 8 atom stereocenters. The number of H-pyrrole nitrogens is 4. The number of fused-ring (bicyclic) bond motifs is 4. The van der Waals surface area contributed by atoms with Crippen LogP contribution in [0.4, 0.5) is 0 Å². The van der Waals surface area contributed by atoms with Crippen molar-refractivity contribution in [2.45, 2.75) is 303 Å². The molecule has 26 nitrogen and oxygen atoms in total. The maximum absolute atomic E-state index is 13.3. The molecule has 0 aliphatic rings. The van der Waals surface area contributed by atoms with Crippen molar-refractivity contribution in [1.29, 1.82) is 0 Å². The number of thiocarbonyl (C=S) groups is 1. The first-order chi connectivity index (χ1) is 56.0. The van der Waals surface area contributed by atoms with Crippen LogP contribution in [0.2, 0.25) is 0 Å². The van der Waals surface area contributed by atoms with Crippen molar-refractivity contribution in [2.75, 3.05) is 13.6 Å². The van der Waals surface area contributed by atoms with Crippen LogP contribution in [0.25, 0.3) is 43.6 Å². The Morgan fingerprint density at radius 2 is 0.635 bits per heavy atom. The van der Waals surface area contributed by atoms with Crippen LogP contribution in [0.5, 0.6) is 0 Å². The number of ketones is 4. The fraction of sp³-hybridized carbons (Fsp3) is 0.547. The number of nitrogens with zero attached hydrogens (tertiary/aromatic N) is 1. The molecule has 6 amide bonds. The summed E-state index contributed by atoms with van der Waals surface area (Å²) < 4.78 is 0. The molecule has 4 aromatic heterocycles. The maximum atomic E-state index is 13.3. The topological polar surface area (TPSA) is 425 Å². The molecule has 31 heteroatoms. The normalized spacial score (nSPS) is 13.4. The average molecular weight is 2440 g/mol. The van der Waals surface area contributed by atoms with Crippen molar-refractivity contribution in [2.24, 2.45) is 44.6 Å². The zero-order chi connectivity index (χ0) is 89.9. The largest absolute Gasteiger partial charge is 0.370 e. The molecule has 126 heavy (non-hydrogen) atoms. The van der Waals surface area contributed by atoms with Gasteiger partial charge < -0.3 is 80.1 Å². The van der Waals surface area contributed by atoms with E-state index in [0.29, 0.717) is 62.9 Å². The summed E-state index contributed by atoms with van der Waals surface area (Å²) in [6.45, 7) is 39.3. The predicted molar refractivity (Wildman–Crippen MR) is 501 cm³/mol. The number of carbonyl (C=O) groups excluding carboxylic acids is 10. The van der Waals surface area contributed by atoms with Crippen molar-refractivity contribution in [3.8, 4) is 0 Å². The molecule has 0 aliphatic heterocycles. The van der Waals surface area contributed by atoms with E-state index < -0.39 is 63.7 Å². The second-order valence-electron chi connectivity index (χ2n) is 36.9. The minimum absolute atomic E-state index is 0. The number of likely N-dealkylation sites (N-methyl/N-ethyl adjacent to an activating group) is 1. The van der Waals surface area contributed by atoms with Gasteiger partial charge in [-0.2, -0.15) is 0 Å². The van der Waals surface area contributed by atoms with Crippen LogP contribution in [0, 0.1) is 21.7 Å². The zero-order valence-corrected chi connectivity index (χ0v) is 89.1. The number of rotatable bonds is 41. The first-order valence-corrected chi connectivity index (χ1v) is 42.5. The summed E-state index contributed by atoms with van der Waals surface area (Å²) in [5.41, 5.74) is 27.3. The Morgan fingerprint density at radius 1 is 0.365 bits per heavy atom. The van der Waals surface area contributed by atoms with E-state index >= 15 is 0 Å². The number of hydrogen-bond acceptors (Lipinski definition) is 16. The van der Waals surface area contributed by atoms with Crippen LogP contribution in [-0.4, -0.2) is 174 Å². The third kappa shape index (κ3) is 40.1. The van der Waals surface area contributed by atoms with Gasteiger partial charge in [0.05, 0.1) is 47.3 Å². The number of primary amides is 4. The number of aromatic nitrogens is 4. The van der Waals surface area contributed by atoms with Gasteiger partial charge in [-0.15, -0.1) is 0 Å². The molecule has 698 valence electrons. The molecule has 0 bridgehead atoms. The van der Waals surface area contributed by atoms with Gasteiger partial charge in [0.2, 0.25) is 35.4 Å². The van der Waals surface area contributed by atoms with Crippen molar-refractivity contribution in [3.63, 3.8) is 0 Å². The quantitative estimate of drug-likeness (QED) is 0.0158. The molecule has 0 spiro atoms.